The average Bonchev–Trinajstić information content (AvgIpc) is 2.32. The van der Waals surface area contributed by atoms with E-state index in [1.54, 1.807) is 12.1 Å². The van der Waals surface area contributed by atoms with Crippen molar-refractivity contribution in [2.45, 2.75) is 13.0 Å². The summed E-state index contributed by atoms with van der Waals surface area (Å²) < 4.78 is 0. The van der Waals surface area contributed by atoms with Crippen molar-refractivity contribution in [3.05, 3.63) is 23.8 Å². The van der Waals surface area contributed by atoms with Crippen molar-refractivity contribution in [2.75, 3.05) is 23.7 Å². The number of piperazine rings is 1. The van der Waals surface area contributed by atoms with E-state index in [1.807, 2.05) is 24.0 Å². The average molecular weight is 230 g/mol. The Bertz CT molecular complexity index is 492. The summed E-state index contributed by atoms with van der Waals surface area (Å²) >= 11 is 0. The Hall–Kier alpha value is -2.22. The fourth-order valence-corrected chi connectivity index (χ4v) is 1.97. The van der Waals surface area contributed by atoms with E-state index < -0.39 is 0 Å². The van der Waals surface area contributed by atoms with Gasteiger partial charge in [0.05, 0.1) is 11.3 Å². The Balaban J connectivity index is 2.31. The van der Waals surface area contributed by atoms with Crippen molar-refractivity contribution >= 4 is 17.3 Å². The molecule has 0 radical (unpaired) electrons. The maximum Gasteiger partial charge on any atom is 0.242 e. The number of carbonyl (C=O) groups is 1. The van der Waals surface area contributed by atoms with E-state index in [-0.39, 0.29) is 11.9 Å². The zero-order chi connectivity index (χ0) is 12.4. The van der Waals surface area contributed by atoms with Crippen LogP contribution < -0.4 is 16.0 Å². The number of carbonyl (C=O) groups excluding carboxylic acids is 1. The van der Waals surface area contributed by atoms with Gasteiger partial charge < -0.3 is 16.0 Å². The number of anilines is 2. The third-order valence-electron chi connectivity index (χ3n) is 2.99. The lowest BCUT2D eigenvalue weighted by atomic mass is 10.1. The maximum absolute atomic E-state index is 11.5. The van der Waals surface area contributed by atoms with Crippen molar-refractivity contribution < 1.29 is 4.79 Å². The highest BCUT2D eigenvalue weighted by Crippen LogP contribution is 2.23. The van der Waals surface area contributed by atoms with Crippen LogP contribution in [0.15, 0.2) is 18.2 Å². The smallest absolute Gasteiger partial charge is 0.242 e. The number of rotatable bonds is 1. The first kappa shape index (κ1) is 11.3. The summed E-state index contributed by atoms with van der Waals surface area (Å²) in [6, 6.07) is 7.06. The number of nitrogen functional groups attached to an aromatic ring is 1. The second kappa shape index (κ2) is 4.34. The van der Waals surface area contributed by atoms with Crippen molar-refractivity contribution in [3.63, 3.8) is 0 Å². The van der Waals surface area contributed by atoms with E-state index >= 15 is 0 Å². The minimum absolute atomic E-state index is 0.0131. The quantitative estimate of drug-likeness (QED) is 0.687. The van der Waals surface area contributed by atoms with Crippen LogP contribution in [0.2, 0.25) is 0 Å². The lowest BCUT2D eigenvalue weighted by Gasteiger charge is -2.34. The molecule has 3 N–H and O–H groups in total. The van der Waals surface area contributed by atoms with E-state index in [0.29, 0.717) is 17.8 Å². The van der Waals surface area contributed by atoms with Gasteiger partial charge in [-0.25, -0.2) is 0 Å². The van der Waals surface area contributed by atoms with Crippen molar-refractivity contribution in [2.24, 2.45) is 0 Å². The highest BCUT2D eigenvalue weighted by atomic mass is 16.2. The van der Waals surface area contributed by atoms with Gasteiger partial charge in [-0.1, -0.05) is 0 Å². The van der Waals surface area contributed by atoms with Crippen LogP contribution in [0.3, 0.4) is 0 Å². The van der Waals surface area contributed by atoms with Crippen molar-refractivity contribution in [1.29, 1.82) is 5.26 Å². The van der Waals surface area contributed by atoms with Gasteiger partial charge in [0.25, 0.3) is 0 Å². The van der Waals surface area contributed by atoms with Crippen LogP contribution in [0.4, 0.5) is 11.4 Å². The summed E-state index contributed by atoms with van der Waals surface area (Å²) in [4.78, 5) is 13.5. The minimum Gasteiger partial charge on any atom is -0.398 e. The predicted octanol–water partition coefficient (Wildman–Crippen LogP) is 0.465. The molecule has 1 aliphatic heterocycles. The molecule has 1 aromatic rings. The summed E-state index contributed by atoms with van der Waals surface area (Å²) in [5, 5.41) is 11.6. The highest BCUT2D eigenvalue weighted by molar-refractivity contribution is 5.86. The molecule has 1 heterocycles. The summed E-state index contributed by atoms with van der Waals surface area (Å²) in [6.45, 7) is 3.23. The van der Waals surface area contributed by atoms with Crippen LogP contribution in [-0.4, -0.2) is 25.0 Å². The molecule has 1 aliphatic rings. The molecule has 0 aromatic heterocycles. The van der Waals surface area contributed by atoms with Gasteiger partial charge in [0.2, 0.25) is 5.91 Å². The zero-order valence-corrected chi connectivity index (χ0v) is 9.60. The lowest BCUT2D eigenvalue weighted by Crippen LogP contribution is -2.54. The van der Waals surface area contributed by atoms with Crippen LogP contribution in [0.1, 0.15) is 12.5 Å². The first-order valence-corrected chi connectivity index (χ1v) is 5.47. The number of nitrogens with zero attached hydrogens (tertiary/aromatic N) is 2. The Morgan fingerprint density at radius 1 is 1.59 bits per heavy atom. The van der Waals surface area contributed by atoms with E-state index in [4.69, 9.17) is 11.0 Å². The first-order valence-electron chi connectivity index (χ1n) is 5.47. The number of hydrogen-bond acceptors (Lipinski definition) is 4. The molecular weight excluding hydrogens is 216 g/mol. The number of amides is 1. The van der Waals surface area contributed by atoms with Crippen LogP contribution in [-0.2, 0) is 4.79 Å². The van der Waals surface area contributed by atoms with E-state index in [0.717, 1.165) is 12.2 Å². The van der Waals surface area contributed by atoms with Gasteiger partial charge in [0.15, 0.2) is 0 Å². The molecule has 0 bridgehead atoms. The summed E-state index contributed by atoms with van der Waals surface area (Å²) in [5.74, 6) is 0.0131. The topological polar surface area (TPSA) is 82.2 Å². The predicted molar refractivity (Wildman–Crippen MR) is 65.4 cm³/mol. The number of nitriles is 1. The molecule has 88 valence electrons. The van der Waals surface area contributed by atoms with Crippen LogP contribution >= 0.6 is 0 Å². The number of hydrogen-bond donors (Lipinski definition) is 2. The van der Waals surface area contributed by atoms with Crippen molar-refractivity contribution in [1.82, 2.24) is 5.32 Å². The van der Waals surface area contributed by atoms with Gasteiger partial charge in [-0.3, -0.25) is 4.79 Å². The van der Waals surface area contributed by atoms with Gasteiger partial charge in [0.1, 0.15) is 12.1 Å². The van der Waals surface area contributed by atoms with Gasteiger partial charge in [0, 0.05) is 18.8 Å². The fourth-order valence-electron chi connectivity index (χ4n) is 1.97. The molecule has 1 unspecified atom stereocenters. The maximum atomic E-state index is 11.5. The van der Waals surface area contributed by atoms with Gasteiger partial charge in [-0.05, 0) is 25.1 Å². The highest BCUT2D eigenvalue weighted by Gasteiger charge is 2.25. The van der Waals surface area contributed by atoms with Crippen molar-refractivity contribution in [3.8, 4) is 6.07 Å². The number of nitrogens with two attached hydrogens (primary N) is 1. The summed E-state index contributed by atoms with van der Waals surface area (Å²) in [7, 11) is 0. The number of nitrogens with one attached hydrogen (secondary N) is 1. The second-order valence-corrected chi connectivity index (χ2v) is 4.04. The zero-order valence-electron chi connectivity index (χ0n) is 9.60. The molecule has 1 amide bonds. The Morgan fingerprint density at radius 2 is 2.35 bits per heavy atom. The molecule has 1 saturated heterocycles. The summed E-state index contributed by atoms with van der Waals surface area (Å²) in [6.07, 6.45) is 0. The van der Waals surface area contributed by atoms with Crippen LogP contribution in [0.25, 0.3) is 0 Å². The molecule has 1 atom stereocenters. The molecule has 5 nitrogen and oxygen atoms in total. The van der Waals surface area contributed by atoms with Gasteiger partial charge in [-0.15, -0.1) is 0 Å². The van der Waals surface area contributed by atoms with E-state index in [2.05, 4.69) is 5.32 Å². The third-order valence-corrected chi connectivity index (χ3v) is 2.99. The van der Waals surface area contributed by atoms with E-state index in [9.17, 15) is 4.79 Å². The standard InChI is InChI=1S/C12H14N4O/c1-8-12(17)15-4-5-16(8)10-3-2-9(7-13)11(14)6-10/h2-3,6,8H,4-5,14H2,1H3,(H,15,17). The lowest BCUT2D eigenvalue weighted by molar-refractivity contribution is -0.122. The fraction of sp³-hybridized carbons (Fsp3) is 0.333. The third kappa shape index (κ3) is 2.02. The minimum atomic E-state index is -0.212. The molecule has 0 spiro atoms. The Morgan fingerprint density at radius 3 is 3.00 bits per heavy atom. The van der Waals surface area contributed by atoms with Crippen LogP contribution in [0.5, 0.6) is 0 Å². The van der Waals surface area contributed by atoms with Crippen LogP contribution in [0, 0.1) is 11.3 Å². The SMILES string of the molecule is CC1C(=O)NCCN1c1ccc(C#N)c(N)c1. The number of benzene rings is 1. The summed E-state index contributed by atoms with van der Waals surface area (Å²) in [5.41, 5.74) is 7.56. The molecular formula is C12H14N4O. The monoisotopic (exact) mass is 230 g/mol. The molecule has 0 aliphatic carbocycles. The van der Waals surface area contributed by atoms with E-state index in [1.165, 1.54) is 0 Å². The second-order valence-electron chi connectivity index (χ2n) is 4.04. The molecule has 1 fully saturated rings. The molecule has 5 heteroatoms. The Kier molecular flexibility index (Phi) is 2.88. The van der Waals surface area contributed by atoms with Gasteiger partial charge in [-0.2, -0.15) is 5.26 Å². The van der Waals surface area contributed by atoms with Gasteiger partial charge >= 0.3 is 0 Å². The largest absolute Gasteiger partial charge is 0.398 e. The normalized spacial score (nSPS) is 19.6. The first-order chi connectivity index (χ1) is 8.13. The molecule has 17 heavy (non-hydrogen) atoms. The molecule has 1 aromatic carbocycles. The molecule has 2 rings (SSSR count). The Labute approximate surface area is 99.8 Å². The molecule has 0 saturated carbocycles.